The van der Waals surface area contributed by atoms with Crippen molar-refractivity contribution in [2.24, 2.45) is 0 Å². The van der Waals surface area contributed by atoms with Gasteiger partial charge in [0, 0.05) is 67.9 Å². The fourth-order valence-electron chi connectivity index (χ4n) is 8.75. The lowest BCUT2D eigenvalue weighted by molar-refractivity contribution is 1.18. The SMILES string of the molecule is c1ccc(-c2ccc(-c3cc(-c4ccc(-n5c6ccccc6c6c7c(ccc65)sc5ccccc57)cc4)cc(-c4cccc5c4sc4ccccc45)n3)cc2)cc1. The molecule has 0 aliphatic rings. The van der Waals surface area contributed by atoms with Gasteiger partial charge in [-0.15, -0.1) is 22.7 Å². The van der Waals surface area contributed by atoms with Crippen LogP contribution in [0.3, 0.4) is 0 Å². The zero-order chi connectivity index (χ0) is 37.5. The monoisotopic (exact) mass is 760 g/mol. The highest BCUT2D eigenvalue weighted by Crippen LogP contribution is 2.44. The Balaban J connectivity index is 1.02. The first-order valence-electron chi connectivity index (χ1n) is 19.3. The van der Waals surface area contributed by atoms with Crippen molar-refractivity contribution in [3.63, 3.8) is 0 Å². The van der Waals surface area contributed by atoms with Crippen LogP contribution >= 0.6 is 22.7 Å². The minimum Gasteiger partial charge on any atom is -0.309 e. The van der Waals surface area contributed by atoms with E-state index >= 15 is 0 Å². The summed E-state index contributed by atoms with van der Waals surface area (Å²) in [7, 11) is 0. The van der Waals surface area contributed by atoms with Crippen molar-refractivity contribution >= 4 is 84.8 Å². The van der Waals surface area contributed by atoms with Gasteiger partial charge in [-0.05, 0) is 76.9 Å². The maximum absolute atomic E-state index is 5.39. The smallest absolute Gasteiger partial charge is 0.0730 e. The van der Waals surface area contributed by atoms with E-state index in [1.54, 1.807) is 0 Å². The average molecular weight is 761 g/mol. The molecule has 0 spiro atoms. The highest BCUT2D eigenvalue weighted by molar-refractivity contribution is 7.26. The van der Waals surface area contributed by atoms with E-state index in [-0.39, 0.29) is 0 Å². The summed E-state index contributed by atoms with van der Waals surface area (Å²) in [5, 5.41) is 7.84. The highest BCUT2D eigenvalue weighted by Gasteiger charge is 2.19. The lowest BCUT2D eigenvalue weighted by atomic mass is 9.98. The fraction of sp³-hybridized carbons (Fsp3) is 0. The minimum absolute atomic E-state index is 0.957. The molecule has 0 saturated heterocycles. The normalized spacial score (nSPS) is 11.9. The Labute approximate surface area is 337 Å². The standard InChI is InChI=1S/C53H32N2S2/c1-2-11-33(12-3-1)34-21-23-36(24-22-34)44-31-37(32-45(54-44)41-17-10-16-40-39-13-5-8-19-48(39)57-53(40)41)35-25-27-38(28-26-35)55-46-18-7-4-14-42(46)51-47(55)29-30-50-52(51)43-15-6-9-20-49(43)56-50/h1-32H. The lowest BCUT2D eigenvalue weighted by Crippen LogP contribution is -1.94. The summed E-state index contributed by atoms with van der Waals surface area (Å²) < 4.78 is 7.64. The summed E-state index contributed by atoms with van der Waals surface area (Å²) in [5.41, 5.74) is 12.5. The quantitative estimate of drug-likeness (QED) is 0.171. The van der Waals surface area contributed by atoms with E-state index in [2.05, 4.69) is 199 Å². The first-order valence-corrected chi connectivity index (χ1v) is 20.9. The number of thiophene rings is 2. The third-order valence-corrected chi connectivity index (χ3v) is 13.8. The number of para-hydroxylation sites is 1. The second kappa shape index (κ2) is 12.9. The molecule has 0 aliphatic heterocycles. The van der Waals surface area contributed by atoms with Crippen molar-refractivity contribution in [3.8, 4) is 50.5 Å². The first-order chi connectivity index (χ1) is 28.2. The second-order valence-electron chi connectivity index (χ2n) is 14.7. The molecule has 4 heterocycles. The number of fused-ring (bicyclic) bond motifs is 10. The molecule has 0 saturated carbocycles. The summed E-state index contributed by atoms with van der Waals surface area (Å²) in [4.78, 5) is 5.39. The van der Waals surface area contributed by atoms with Crippen LogP contribution < -0.4 is 0 Å². The molecule has 0 bridgehead atoms. The third kappa shape index (κ3) is 5.19. The zero-order valence-electron chi connectivity index (χ0n) is 30.7. The van der Waals surface area contributed by atoms with Gasteiger partial charge in [-0.2, -0.15) is 0 Å². The largest absolute Gasteiger partial charge is 0.309 e. The third-order valence-electron chi connectivity index (χ3n) is 11.4. The Kier molecular flexibility index (Phi) is 7.31. The van der Waals surface area contributed by atoms with Crippen LogP contribution in [-0.4, -0.2) is 9.55 Å². The summed E-state index contributed by atoms with van der Waals surface area (Å²) in [6, 6.07) is 70.6. The molecule has 0 unspecified atom stereocenters. The number of rotatable bonds is 5. The van der Waals surface area contributed by atoms with Crippen LogP contribution in [0.5, 0.6) is 0 Å². The van der Waals surface area contributed by atoms with Crippen LogP contribution in [0, 0.1) is 0 Å². The first kappa shape index (κ1) is 32.4. The summed E-state index contributed by atoms with van der Waals surface area (Å²) in [5.74, 6) is 0. The number of pyridine rings is 1. The molecule has 4 aromatic heterocycles. The Morgan fingerprint density at radius 1 is 0.351 bits per heavy atom. The predicted octanol–water partition coefficient (Wildman–Crippen LogP) is 15.6. The van der Waals surface area contributed by atoms with Crippen LogP contribution in [0.4, 0.5) is 0 Å². The molecular formula is C53H32N2S2. The van der Waals surface area contributed by atoms with Crippen LogP contribution in [-0.2, 0) is 0 Å². The van der Waals surface area contributed by atoms with Gasteiger partial charge in [-0.1, -0.05) is 140 Å². The molecular weight excluding hydrogens is 729 g/mol. The van der Waals surface area contributed by atoms with E-state index in [0.717, 1.165) is 39.3 Å². The second-order valence-corrected chi connectivity index (χ2v) is 16.8. The maximum Gasteiger partial charge on any atom is 0.0730 e. The van der Waals surface area contributed by atoms with Gasteiger partial charge in [0.1, 0.15) is 0 Å². The number of benzene rings is 8. The molecule has 0 aliphatic carbocycles. The van der Waals surface area contributed by atoms with Crippen LogP contribution in [0.1, 0.15) is 0 Å². The van der Waals surface area contributed by atoms with E-state index in [4.69, 9.17) is 4.98 Å². The highest BCUT2D eigenvalue weighted by atomic mass is 32.1. The van der Waals surface area contributed by atoms with Crippen molar-refractivity contribution in [2.75, 3.05) is 0 Å². The fourth-order valence-corrected chi connectivity index (χ4v) is 11.1. The molecule has 0 amide bonds. The number of hydrogen-bond acceptors (Lipinski definition) is 3. The van der Waals surface area contributed by atoms with Gasteiger partial charge in [0.2, 0.25) is 0 Å². The zero-order valence-corrected chi connectivity index (χ0v) is 32.3. The molecule has 0 radical (unpaired) electrons. The molecule has 0 fully saturated rings. The Hall–Kier alpha value is -6.85. The number of nitrogens with zero attached hydrogens (tertiary/aromatic N) is 2. The van der Waals surface area contributed by atoms with Crippen molar-refractivity contribution in [2.45, 2.75) is 0 Å². The van der Waals surface area contributed by atoms with Crippen molar-refractivity contribution in [1.29, 1.82) is 0 Å². The summed E-state index contributed by atoms with van der Waals surface area (Å²) in [6.45, 7) is 0. The van der Waals surface area contributed by atoms with Gasteiger partial charge < -0.3 is 4.57 Å². The molecule has 4 heteroatoms. The average Bonchev–Trinajstić information content (AvgIpc) is 3.96. The predicted molar refractivity (Wildman–Crippen MR) is 246 cm³/mol. The van der Waals surface area contributed by atoms with Crippen LogP contribution in [0.15, 0.2) is 194 Å². The van der Waals surface area contributed by atoms with Gasteiger partial charge in [-0.3, -0.25) is 0 Å². The number of aromatic nitrogens is 2. The summed E-state index contributed by atoms with van der Waals surface area (Å²) >= 11 is 3.72. The molecule has 2 nitrogen and oxygen atoms in total. The van der Waals surface area contributed by atoms with Crippen molar-refractivity contribution in [1.82, 2.24) is 9.55 Å². The van der Waals surface area contributed by atoms with E-state index in [1.165, 1.54) is 73.3 Å². The molecule has 8 aromatic carbocycles. The van der Waals surface area contributed by atoms with E-state index in [0.29, 0.717) is 0 Å². The van der Waals surface area contributed by atoms with Gasteiger partial charge in [0.25, 0.3) is 0 Å². The van der Waals surface area contributed by atoms with E-state index < -0.39 is 0 Å². The molecule has 266 valence electrons. The van der Waals surface area contributed by atoms with Gasteiger partial charge in [-0.25, -0.2) is 4.98 Å². The molecule has 57 heavy (non-hydrogen) atoms. The molecule has 0 atom stereocenters. The number of hydrogen-bond donors (Lipinski definition) is 0. The van der Waals surface area contributed by atoms with Crippen molar-refractivity contribution in [3.05, 3.63) is 194 Å². The molecule has 0 N–H and O–H groups in total. The topological polar surface area (TPSA) is 17.8 Å². The van der Waals surface area contributed by atoms with Gasteiger partial charge >= 0.3 is 0 Å². The maximum atomic E-state index is 5.39. The molecule has 12 rings (SSSR count). The van der Waals surface area contributed by atoms with E-state index in [9.17, 15) is 0 Å². The Morgan fingerprint density at radius 2 is 0.965 bits per heavy atom. The minimum atomic E-state index is 0.957. The summed E-state index contributed by atoms with van der Waals surface area (Å²) in [6.07, 6.45) is 0. The Morgan fingerprint density at radius 3 is 1.79 bits per heavy atom. The lowest BCUT2D eigenvalue weighted by Gasteiger charge is -2.13. The van der Waals surface area contributed by atoms with Crippen LogP contribution in [0.25, 0.3) is 113 Å². The Bertz CT molecular complexity index is 3500. The van der Waals surface area contributed by atoms with Gasteiger partial charge in [0.15, 0.2) is 0 Å². The van der Waals surface area contributed by atoms with Crippen LogP contribution in [0.2, 0.25) is 0 Å². The van der Waals surface area contributed by atoms with Gasteiger partial charge in [0.05, 0.1) is 22.4 Å². The molecule has 12 aromatic rings. The van der Waals surface area contributed by atoms with Crippen molar-refractivity contribution < 1.29 is 0 Å². The van der Waals surface area contributed by atoms with E-state index in [1.807, 2.05) is 22.7 Å².